The number of hydrogen-bond acceptors (Lipinski definition) is 2. The Morgan fingerprint density at radius 3 is 2.58 bits per heavy atom. The molecule has 0 atom stereocenters. The van der Waals surface area contributed by atoms with Gasteiger partial charge in [0, 0.05) is 26.7 Å². The van der Waals surface area contributed by atoms with Gasteiger partial charge in [0.15, 0.2) is 0 Å². The molecule has 0 aliphatic carbocycles. The smallest absolute Gasteiger partial charge is 0.220 e. The van der Waals surface area contributed by atoms with Crippen LogP contribution in [0.4, 0.5) is 0 Å². The van der Waals surface area contributed by atoms with Crippen LogP contribution in [0.2, 0.25) is 0 Å². The Balaban J connectivity index is 2.05. The molecule has 0 radical (unpaired) electrons. The molecule has 0 aliphatic rings. The lowest BCUT2D eigenvalue weighted by Gasteiger charge is -2.05. The van der Waals surface area contributed by atoms with Crippen molar-refractivity contribution < 1.29 is 9.53 Å². The standard InChI is InChI=1S/C16H25NO2/c1-14-8-10-15(11-9-14)6-5-7-16(18)17-12-3-4-13-19-2/h8-11H,3-7,12-13H2,1-2H3,(H,17,18). The number of carbonyl (C=O) groups is 1. The van der Waals surface area contributed by atoms with Gasteiger partial charge in [-0.05, 0) is 38.2 Å². The third-order valence-corrected chi connectivity index (χ3v) is 3.09. The van der Waals surface area contributed by atoms with E-state index in [0.29, 0.717) is 6.42 Å². The van der Waals surface area contributed by atoms with Gasteiger partial charge < -0.3 is 10.1 Å². The van der Waals surface area contributed by atoms with Gasteiger partial charge in [-0.2, -0.15) is 0 Å². The minimum Gasteiger partial charge on any atom is -0.385 e. The van der Waals surface area contributed by atoms with Gasteiger partial charge in [-0.15, -0.1) is 0 Å². The van der Waals surface area contributed by atoms with Crippen LogP contribution in [0.25, 0.3) is 0 Å². The topological polar surface area (TPSA) is 38.3 Å². The molecule has 1 rings (SSSR count). The zero-order chi connectivity index (χ0) is 13.9. The highest BCUT2D eigenvalue weighted by Gasteiger charge is 2.01. The number of carbonyl (C=O) groups excluding carboxylic acids is 1. The van der Waals surface area contributed by atoms with Crippen LogP contribution < -0.4 is 5.32 Å². The van der Waals surface area contributed by atoms with Gasteiger partial charge in [0.05, 0.1) is 0 Å². The third-order valence-electron chi connectivity index (χ3n) is 3.09. The van der Waals surface area contributed by atoms with Crippen LogP contribution in [0.1, 0.15) is 36.8 Å². The molecule has 0 unspecified atom stereocenters. The molecule has 106 valence electrons. The largest absolute Gasteiger partial charge is 0.385 e. The highest BCUT2D eigenvalue weighted by Crippen LogP contribution is 2.07. The van der Waals surface area contributed by atoms with E-state index < -0.39 is 0 Å². The van der Waals surface area contributed by atoms with Crippen LogP contribution >= 0.6 is 0 Å². The monoisotopic (exact) mass is 263 g/mol. The van der Waals surface area contributed by atoms with Gasteiger partial charge >= 0.3 is 0 Å². The fraction of sp³-hybridized carbons (Fsp3) is 0.562. The highest BCUT2D eigenvalue weighted by atomic mass is 16.5. The fourth-order valence-electron chi connectivity index (χ4n) is 1.90. The van der Waals surface area contributed by atoms with Crippen molar-refractivity contribution in [3.63, 3.8) is 0 Å². The summed E-state index contributed by atoms with van der Waals surface area (Å²) in [6, 6.07) is 8.51. The lowest BCUT2D eigenvalue weighted by atomic mass is 10.1. The number of nitrogens with one attached hydrogen (secondary N) is 1. The number of benzene rings is 1. The van der Waals surface area contributed by atoms with Crippen LogP contribution in [0.3, 0.4) is 0 Å². The Morgan fingerprint density at radius 2 is 1.89 bits per heavy atom. The first-order chi connectivity index (χ1) is 9.22. The average Bonchev–Trinajstić information content (AvgIpc) is 2.41. The van der Waals surface area contributed by atoms with Crippen molar-refractivity contribution in [1.82, 2.24) is 5.32 Å². The lowest BCUT2D eigenvalue weighted by Crippen LogP contribution is -2.24. The second-order valence-electron chi connectivity index (χ2n) is 4.89. The number of hydrogen-bond donors (Lipinski definition) is 1. The summed E-state index contributed by atoms with van der Waals surface area (Å²) in [5.41, 5.74) is 2.58. The Hall–Kier alpha value is -1.35. The maximum atomic E-state index is 11.6. The Labute approximate surface area is 116 Å². The number of rotatable bonds is 9. The molecule has 1 amide bonds. The van der Waals surface area contributed by atoms with Crippen LogP contribution in [0.15, 0.2) is 24.3 Å². The molecule has 0 saturated heterocycles. The number of methoxy groups -OCH3 is 1. The SMILES string of the molecule is COCCCCNC(=O)CCCc1ccc(C)cc1. The first-order valence-electron chi connectivity index (χ1n) is 7.03. The number of unbranched alkanes of at least 4 members (excludes halogenated alkanes) is 1. The van der Waals surface area contributed by atoms with Crippen molar-refractivity contribution in [2.75, 3.05) is 20.3 Å². The Bertz CT molecular complexity index is 360. The molecular formula is C16H25NO2. The second-order valence-corrected chi connectivity index (χ2v) is 4.89. The van der Waals surface area contributed by atoms with E-state index in [-0.39, 0.29) is 5.91 Å². The van der Waals surface area contributed by atoms with Gasteiger partial charge in [0.2, 0.25) is 5.91 Å². The van der Waals surface area contributed by atoms with Gasteiger partial charge in [-0.1, -0.05) is 29.8 Å². The summed E-state index contributed by atoms with van der Waals surface area (Å²) in [7, 11) is 1.70. The summed E-state index contributed by atoms with van der Waals surface area (Å²) in [6.45, 7) is 3.61. The van der Waals surface area contributed by atoms with Crippen molar-refractivity contribution >= 4 is 5.91 Å². The Morgan fingerprint density at radius 1 is 1.16 bits per heavy atom. The number of ether oxygens (including phenoxy) is 1. The summed E-state index contributed by atoms with van der Waals surface area (Å²) < 4.78 is 4.96. The minimum atomic E-state index is 0.157. The van der Waals surface area contributed by atoms with E-state index in [4.69, 9.17) is 4.74 Å². The molecule has 0 saturated carbocycles. The highest BCUT2D eigenvalue weighted by molar-refractivity contribution is 5.75. The van der Waals surface area contributed by atoms with Gasteiger partial charge in [0.1, 0.15) is 0 Å². The summed E-state index contributed by atoms with van der Waals surface area (Å²) in [4.78, 5) is 11.6. The maximum Gasteiger partial charge on any atom is 0.220 e. The van der Waals surface area contributed by atoms with Gasteiger partial charge in [-0.25, -0.2) is 0 Å². The lowest BCUT2D eigenvalue weighted by molar-refractivity contribution is -0.121. The zero-order valence-electron chi connectivity index (χ0n) is 12.1. The summed E-state index contributed by atoms with van der Waals surface area (Å²) >= 11 is 0. The fourth-order valence-corrected chi connectivity index (χ4v) is 1.90. The van der Waals surface area contributed by atoms with Crippen molar-refractivity contribution in [3.05, 3.63) is 35.4 Å². The van der Waals surface area contributed by atoms with E-state index in [1.165, 1.54) is 11.1 Å². The van der Waals surface area contributed by atoms with E-state index in [1.807, 2.05) is 0 Å². The maximum absolute atomic E-state index is 11.6. The molecule has 1 aromatic carbocycles. The molecule has 1 aromatic rings. The molecule has 0 spiro atoms. The van der Waals surface area contributed by atoms with E-state index in [1.54, 1.807) is 7.11 Å². The predicted octanol–water partition coefficient (Wildman–Crippen LogP) is 2.86. The van der Waals surface area contributed by atoms with Crippen molar-refractivity contribution in [3.8, 4) is 0 Å². The minimum absolute atomic E-state index is 0.157. The first-order valence-corrected chi connectivity index (χ1v) is 7.03. The summed E-state index contributed by atoms with van der Waals surface area (Å²) in [5, 5.41) is 2.94. The van der Waals surface area contributed by atoms with Crippen LogP contribution in [-0.2, 0) is 16.0 Å². The molecule has 3 heteroatoms. The summed E-state index contributed by atoms with van der Waals surface area (Å²) in [6.07, 6.45) is 4.47. The van der Waals surface area contributed by atoms with Crippen LogP contribution in [0, 0.1) is 6.92 Å². The average molecular weight is 263 g/mol. The van der Waals surface area contributed by atoms with E-state index in [0.717, 1.165) is 38.8 Å². The summed E-state index contributed by atoms with van der Waals surface area (Å²) in [5.74, 6) is 0.157. The molecule has 0 heterocycles. The normalized spacial score (nSPS) is 10.4. The predicted molar refractivity (Wildman–Crippen MR) is 78.2 cm³/mol. The molecule has 19 heavy (non-hydrogen) atoms. The molecule has 0 bridgehead atoms. The van der Waals surface area contributed by atoms with E-state index in [2.05, 4.69) is 36.5 Å². The van der Waals surface area contributed by atoms with Gasteiger partial charge in [-0.3, -0.25) is 4.79 Å². The molecule has 3 nitrogen and oxygen atoms in total. The number of amides is 1. The van der Waals surface area contributed by atoms with Crippen LogP contribution in [-0.4, -0.2) is 26.2 Å². The van der Waals surface area contributed by atoms with Crippen molar-refractivity contribution in [2.24, 2.45) is 0 Å². The first kappa shape index (κ1) is 15.7. The molecule has 0 aromatic heterocycles. The number of aryl methyl sites for hydroxylation is 2. The van der Waals surface area contributed by atoms with E-state index >= 15 is 0 Å². The second kappa shape index (κ2) is 9.56. The van der Waals surface area contributed by atoms with Crippen LogP contribution in [0.5, 0.6) is 0 Å². The van der Waals surface area contributed by atoms with Gasteiger partial charge in [0.25, 0.3) is 0 Å². The van der Waals surface area contributed by atoms with E-state index in [9.17, 15) is 4.79 Å². The molecular weight excluding hydrogens is 238 g/mol. The Kier molecular flexibility index (Phi) is 7.91. The quantitative estimate of drug-likeness (QED) is 0.696. The zero-order valence-corrected chi connectivity index (χ0v) is 12.1. The van der Waals surface area contributed by atoms with Crippen molar-refractivity contribution in [1.29, 1.82) is 0 Å². The molecule has 1 N–H and O–H groups in total. The molecule has 0 fully saturated rings. The molecule has 0 aliphatic heterocycles. The third kappa shape index (κ3) is 7.62. The van der Waals surface area contributed by atoms with Crippen molar-refractivity contribution in [2.45, 2.75) is 39.0 Å².